The average molecular weight is 502 g/mol. The van der Waals surface area contributed by atoms with Crippen LogP contribution in [-0.2, 0) is 0 Å². The van der Waals surface area contributed by atoms with Gasteiger partial charge in [-0.25, -0.2) is 0 Å². The summed E-state index contributed by atoms with van der Waals surface area (Å²) in [7, 11) is 0. The van der Waals surface area contributed by atoms with Gasteiger partial charge >= 0.3 is 0 Å². The lowest BCUT2D eigenvalue weighted by molar-refractivity contribution is 1.18. The molecule has 1 atom stereocenters. The number of benzene rings is 3. The zero-order chi connectivity index (χ0) is 14.1. The number of hydrogen-bond donors (Lipinski definition) is 0. The van der Waals surface area contributed by atoms with Gasteiger partial charge in [0.05, 0.1) is 4.83 Å². The van der Waals surface area contributed by atoms with Crippen molar-refractivity contribution in [2.45, 2.75) is 4.83 Å². The second kappa shape index (κ2) is 6.16. The first-order valence-electron chi connectivity index (χ1n) is 6.24. The first-order valence-corrected chi connectivity index (χ1v) is 9.03. The summed E-state index contributed by atoms with van der Waals surface area (Å²) in [5, 5.41) is 2.53. The standard InChI is InChI=1S/C17H11Br2I/c18-15-10-9-13(11-5-1-2-6-12(11)15)17(19)14-7-3-4-8-16(14)20/h1-10,17H. The molecule has 0 saturated carbocycles. The number of halogens is 3. The lowest BCUT2D eigenvalue weighted by atomic mass is 9.98. The van der Waals surface area contributed by atoms with E-state index in [2.05, 4.69) is 115 Å². The number of hydrogen-bond acceptors (Lipinski definition) is 0. The summed E-state index contributed by atoms with van der Waals surface area (Å²) in [6, 6.07) is 21.3. The molecule has 1 unspecified atom stereocenters. The van der Waals surface area contributed by atoms with Gasteiger partial charge in [-0.1, -0.05) is 80.4 Å². The van der Waals surface area contributed by atoms with Gasteiger partial charge in [-0.05, 0) is 56.6 Å². The molecule has 0 saturated heterocycles. The van der Waals surface area contributed by atoms with Crippen LogP contribution < -0.4 is 0 Å². The van der Waals surface area contributed by atoms with Crippen LogP contribution in [-0.4, -0.2) is 0 Å². The van der Waals surface area contributed by atoms with E-state index < -0.39 is 0 Å². The third-order valence-corrected chi connectivity index (χ3v) is 6.02. The zero-order valence-electron chi connectivity index (χ0n) is 10.5. The average Bonchev–Trinajstić information content (AvgIpc) is 2.48. The Balaban J connectivity index is 2.20. The van der Waals surface area contributed by atoms with Crippen LogP contribution in [0.2, 0.25) is 0 Å². The van der Waals surface area contributed by atoms with Crippen molar-refractivity contribution in [1.29, 1.82) is 0 Å². The van der Waals surface area contributed by atoms with Gasteiger partial charge in [0.15, 0.2) is 0 Å². The van der Waals surface area contributed by atoms with Crippen LogP contribution in [0.5, 0.6) is 0 Å². The summed E-state index contributed by atoms with van der Waals surface area (Å²) in [4.78, 5) is 0.202. The van der Waals surface area contributed by atoms with Gasteiger partial charge in [0.1, 0.15) is 0 Å². The first kappa shape index (κ1) is 14.5. The van der Waals surface area contributed by atoms with Crippen molar-refractivity contribution in [3.8, 4) is 0 Å². The fourth-order valence-electron chi connectivity index (χ4n) is 2.35. The quantitative estimate of drug-likeness (QED) is 0.271. The molecule has 3 heteroatoms. The molecule has 20 heavy (non-hydrogen) atoms. The molecule has 100 valence electrons. The maximum absolute atomic E-state index is 3.87. The van der Waals surface area contributed by atoms with E-state index >= 15 is 0 Å². The lowest BCUT2D eigenvalue weighted by Gasteiger charge is -2.16. The van der Waals surface area contributed by atoms with Crippen LogP contribution in [0.25, 0.3) is 10.8 Å². The van der Waals surface area contributed by atoms with E-state index in [0.29, 0.717) is 0 Å². The molecule has 0 heterocycles. The molecule has 0 aromatic heterocycles. The Morgan fingerprint density at radius 1 is 0.750 bits per heavy atom. The van der Waals surface area contributed by atoms with Gasteiger partial charge in [0.2, 0.25) is 0 Å². The van der Waals surface area contributed by atoms with Crippen LogP contribution in [0.1, 0.15) is 16.0 Å². The van der Waals surface area contributed by atoms with E-state index in [1.165, 1.54) is 25.5 Å². The fraction of sp³-hybridized carbons (Fsp3) is 0.0588. The Morgan fingerprint density at radius 3 is 2.15 bits per heavy atom. The smallest absolute Gasteiger partial charge is 0.0660 e. The first-order chi connectivity index (χ1) is 9.68. The number of fused-ring (bicyclic) bond motifs is 1. The molecule has 3 aromatic rings. The van der Waals surface area contributed by atoms with E-state index in [1.807, 2.05) is 0 Å². The maximum atomic E-state index is 3.87. The van der Waals surface area contributed by atoms with Crippen molar-refractivity contribution in [3.05, 3.63) is 79.8 Å². The topological polar surface area (TPSA) is 0 Å². The molecule has 3 aromatic carbocycles. The van der Waals surface area contributed by atoms with Crippen molar-refractivity contribution < 1.29 is 0 Å². The predicted octanol–water partition coefficient (Wildman–Crippen LogP) is 6.69. The predicted molar refractivity (Wildman–Crippen MR) is 102 cm³/mol. The van der Waals surface area contributed by atoms with Crippen LogP contribution in [0, 0.1) is 3.57 Å². The molecule has 0 fully saturated rings. The van der Waals surface area contributed by atoms with E-state index in [9.17, 15) is 0 Å². The van der Waals surface area contributed by atoms with Gasteiger partial charge in [-0.2, -0.15) is 0 Å². The highest BCUT2D eigenvalue weighted by atomic mass is 127. The summed E-state index contributed by atoms with van der Waals surface area (Å²) in [6.07, 6.45) is 0. The van der Waals surface area contributed by atoms with E-state index in [4.69, 9.17) is 0 Å². The SMILES string of the molecule is Brc1ccc(C(Br)c2ccccc2I)c2ccccc12. The van der Waals surface area contributed by atoms with Crippen LogP contribution in [0.4, 0.5) is 0 Å². The molecular formula is C17H11Br2I. The highest BCUT2D eigenvalue weighted by Crippen LogP contribution is 2.39. The summed E-state index contributed by atoms with van der Waals surface area (Å²) in [5.74, 6) is 0. The zero-order valence-corrected chi connectivity index (χ0v) is 15.8. The van der Waals surface area contributed by atoms with Gasteiger partial charge < -0.3 is 0 Å². The van der Waals surface area contributed by atoms with Gasteiger partial charge in [-0.3, -0.25) is 0 Å². The summed E-state index contributed by atoms with van der Waals surface area (Å²) < 4.78 is 2.42. The van der Waals surface area contributed by atoms with Gasteiger partial charge in [0, 0.05) is 8.04 Å². The van der Waals surface area contributed by atoms with Gasteiger partial charge in [-0.15, -0.1) is 0 Å². The van der Waals surface area contributed by atoms with E-state index in [1.54, 1.807) is 0 Å². The molecule has 0 aliphatic rings. The molecule has 0 amide bonds. The Kier molecular flexibility index (Phi) is 4.48. The second-order valence-electron chi connectivity index (χ2n) is 4.57. The van der Waals surface area contributed by atoms with Crippen molar-refractivity contribution >= 4 is 65.2 Å². The third-order valence-electron chi connectivity index (χ3n) is 3.36. The fourth-order valence-corrected chi connectivity index (χ4v) is 4.76. The van der Waals surface area contributed by atoms with Crippen molar-refractivity contribution in [1.82, 2.24) is 0 Å². The molecular weight excluding hydrogens is 491 g/mol. The highest BCUT2D eigenvalue weighted by Gasteiger charge is 2.16. The Labute approximate surface area is 149 Å². The molecule has 0 aliphatic heterocycles. The second-order valence-corrected chi connectivity index (χ2v) is 7.50. The van der Waals surface area contributed by atoms with Gasteiger partial charge in [0.25, 0.3) is 0 Å². The lowest BCUT2D eigenvalue weighted by Crippen LogP contribution is -1.97. The molecule has 0 N–H and O–H groups in total. The Hall–Kier alpha value is -0.390. The summed E-state index contributed by atoms with van der Waals surface area (Å²) in [6.45, 7) is 0. The van der Waals surface area contributed by atoms with E-state index in [0.717, 1.165) is 4.47 Å². The third kappa shape index (κ3) is 2.68. The molecule has 0 spiro atoms. The van der Waals surface area contributed by atoms with E-state index in [-0.39, 0.29) is 4.83 Å². The number of rotatable bonds is 2. The summed E-state index contributed by atoms with van der Waals surface area (Å²) >= 11 is 9.90. The Morgan fingerprint density at radius 2 is 1.40 bits per heavy atom. The maximum Gasteiger partial charge on any atom is 0.0660 e. The van der Waals surface area contributed by atoms with Crippen LogP contribution in [0.3, 0.4) is 0 Å². The number of alkyl halides is 1. The minimum atomic E-state index is 0.202. The highest BCUT2D eigenvalue weighted by molar-refractivity contribution is 14.1. The van der Waals surface area contributed by atoms with Crippen molar-refractivity contribution in [2.75, 3.05) is 0 Å². The molecule has 3 rings (SSSR count). The molecule has 0 nitrogen and oxygen atoms in total. The largest absolute Gasteiger partial charge is 0.0786 e. The Bertz CT molecular complexity index is 768. The molecule has 0 aliphatic carbocycles. The van der Waals surface area contributed by atoms with Crippen molar-refractivity contribution in [3.63, 3.8) is 0 Å². The summed E-state index contributed by atoms with van der Waals surface area (Å²) in [5.41, 5.74) is 2.61. The van der Waals surface area contributed by atoms with Crippen molar-refractivity contribution in [2.24, 2.45) is 0 Å². The monoisotopic (exact) mass is 500 g/mol. The molecule has 0 radical (unpaired) electrons. The normalized spacial score (nSPS) is 12.6. The minimum Gasteiger partial charge on any atom is -0.0786 e. The molecule has 0 bridgehead atoms. The van der Waals surface area contributed by atoms with Crippen LogP contribution >= 0.6 is 54.5 Å². The minimum absolute atomic E-state index is 0.202. The van der Waals surface area contributed by atoms with Crippen LogP contribution in [0.15, 0.2) is 65.1 Å².